The van der Waals surface area contributed by atoms with Crippen LogP contribution in [-0.2, 0) is 0 Å². The first kappa shape index (κ1) is 14.1. The van der Waals surface area contributed by atoms with Crippen LogP contribution in [0, 0.1) is 11.8 Å². The summed E-state index contributed by atoms with van der Waals surface area (Å²) in [5.74, 6) is -0.430. The van der Waals surface area contributed by atoms with Gasteiger partial charge < -0.3 is 10.6 Å². The zero-order chi connectivity index (χ0) is 13.2. The molecule has 1 saturated heterocycles. The third-order valence-corrected chi connectivity index (χ3v) is 4.46. The molecule has 0 bridgehead atoms. The van der Waals surface area contributed by atoms with E-state index in [-0.39, 0.29) is 12.8 Å². The van der Waals surface area contributed by atoms with Crippen LogP contribution in [-0.4, -0.2) is 36.8 Å². The van der Waals surface area contributed by atoms with E-state index < -0.39 is 12.1 Å². The van der Waals surface area contributed by atoms with Gasteiger partial charge in [0, 0.05) is 12.6 Å². The minimum atomic E-state index is -4.00. The van der Waals surface area contributed by atoms with Crippen LogP contribution in [0.4, 0.5) is 13.2 Å². The van der Waals surface area contributed by atoms with Crippen molar-refractivity contribution < 1.29 is 13.2 Å². The van der Waals surface area contributed by atoms with Gasteiger partial charge in [0.2, 0.25) is 0 Å². The summed E-state index contributed by atoms with van der Waals surface area (Å²) in [5, 5.41) is 0. The Bertz CT molecular complexity index is 251. The van der Waals surface area contributed by atoms with E-state index in [1.165, 1.54) is 0 Å². The quantitative estimate of drug-likeness (QED) is 0.831. The Hall–Kier alpha value is -0.290. The van der Waals surface area contributed by atoms with Crippen molar-refractivity contribution in [3.05, 3.63) is 0 Å². The van der Waals surface area contributed by atoms with Crippen LogP contribution >= 0.6 is 0 Å². The second kappa shape index (κ2) is 5.78. The Balaban J connectivity index is 1.70. The van der Waals surface area contributed by atoms with Gasteiger partial charge in [0.25, 0.3) is 0 Å². The van der Waals surface area contributed by atoms with Gasteiger partial charge in [-0.05, 0) is 57.5 Å². The van der Waals surface area contributed by atoms with Crippen molar-refractivity contribution in [1.82, 2.24) is 4.90 Å². The third kappa shape index (κ3) is 3.85. The number of rotatable bonds is 2. The summed E-state index contributed by atoms with van der Waals surface area (Å²) in [6, 6.07) is 0.345. The molecule has 0 aromatic carbocycles. The van der Waals surface area contributed by atoms with Crippen LogP contribution in [0.3, 0.4) is 0 Å². The topological polar surface area (TPSA) is 29.3 Å². The molecular formula is C13H23F3N2. The normalized spacial score (nSPS) is 32.7. The molecule has 2 fully saturated rings. The van der Waals surface area contributed by atoms with Crippen LogP contribution in [0.15, 0.2) is 0 Å². The van der Waals surface area contributed by atoms with Gasteiger partial charge in [-0.25, -0.2) is 0 Å². The van der Waals surface area contributed by atoms with Crippen molar-refractivity contribution in [3.63, 3.8) is 0 Å². The molecule has 2 N–H and O–H groups in total. The van der Waals surface area contributed by atoms with Gasteiger partial charge in [-0.1, -0.05) is 0 Å². The molecule has 0 spiro atoms. The van der Waals surface area contributed by atoms with Crippen LogP contribution < -0.4 is 5.73 Å². The maximum Gasteiger partial charge on any atom is 0.391 e. The molecule has 0 amide bonds. The summed E-state index contributed by atoms with van der Waals surface area (Å²) in [6.45, 7) is 2.18. The second-order valence-corrected chi connectivity index (χ2v) is 5.90. The molecule has 2 nitrogen and oxygen atoms in total. The van der Waals surface area contributed by atoms with Crippen molar-refractivity contribution in [2.24, 2.45) is 17.6 Å². The van der Waals surface area contributed by atoms with Crippen LogP contribution in [0.1, 0.15) is 38.5 Å². The molecule has 0 aromatic rings. The van der Waals surface area contributed by atoms with Gasteiger partial charge in [-0.15, -0.1) is 0 Å². The molecule has 0 unspecified atom stereocenters. The maximum atomic E-state index is 12.5. The van der Waals surface area contributed by atoms with Crippen molar-refractivity contribution in [3.8, 4) is 0 Å². The highest BCUT2D eigenvalue weighted by Crippen LogP contribution is 2.34. The first-order valence-electron chi connectivity index (χ1n) is 7.00. The fourth-order valence-corrected chi connectivity index (χ4v) is 3.18. The lowest BCUT2D eigenvalue weighted by Gasteiger charge is -2.36. The SMILES string of the molecule is NC1CCC(CN2CCC(C(F)(F)F)CC2)CC1. The van der Waals surface area contributed by atoms with Crippen LogP contribution in [0.5, 0.6) is 0 Å². The predicted molar refractivity (Wildman–Crippen MR) is 65.2 cm³/mol. The highest BCUT2D eigenvalue weighted by Gasteiger charge is 2.41. The van der Waals surface area contributed by atoms with E-state index >= 15 is 0 Å². The molecule has 1 heterocycles. The number of hydrogen-bond donors (Lipinski definition) is 1. The lowest BCUT2D eigenvalue weighted by Crippen LogP contribution is -2.42. The molecule has 0 aromatic heterocycles. The first-order valence-corrected chi connectivity index (χ1v) is 7.00. The molecule has 1 saturated carbocycles. The van der Waals surface area contributed by atoms with Gasteiger partial charge in [-0.2, -0.15) is 13.2 Å². The number of likely N-dealkylation sites (tertiary alicyclic amines) is 1. The molecule has 0 radical (unpaired) electrons. The molecule has 0 atom stereocenters. The van der Waals surface area contributed by atoms with Gasteiger partial charge in [-0.3, -0.25) is 0 Å². The Morgan fingerprint density at radius 1 is 0.944 bits per heavy atom. The van der Waals surface area contributed by atoms with Gasteiger partial charge in [0.05, 0.1) is 5.92 Å². The maximum absolute atomic E-state index is 12.5. The van der Waals surface area contributed by atoms with Crippen molar-refractivity contribution in [2.75, 3.05) is 19.6 Å². The van der Waals surface area contributed by atoms with Gasteiger partial charge >= 0.3 is 6.18 Å². The van der Waals surface area contributed by atoms with E-state index in [9.17, 15) is 13.2 Å². The Morgan fingerprint density at radius 2 is 1.50 bits per heavy atom. The number of nitrogens with zero attached hydrogens (tertiary/aromatic N) is 1. The summed E-state index contributed by atoms with van der Waals surface area (Å²) < 4.78 is 37.6. The number of halogens is 3. The molecule has 1 aliphatic carbocycles. The van der Waals surface area contributed by atoms with Crippen molar-refractivity contribution in [1.29, 1.82) is 0 Å². The minimum absolute atomic E-state index is 0.274. The summed E-state index contributed by atoms with van der Waals surface area (Å²) in [4.78, 5) is 2.21. The average molecular weight is 264 g/mol. The standard InChI is InChI=1S/C13H23F3N2/c14-13(15,16)11-5-7-18(8-6-11)9-10-1-3-12(17)4-2-10/h10-12H,1-9,17H2. The molecule has 1 aliphatic heterocycles. The summed E-state index contributed by atoms with van der Waals surface area (Å²) in [5.41, 5.74) is 5.86. The Morgan fingerprint density at radius 3 is 2.00 bits per heavy atom. The second-order valence-electron chi connectivity index (χ2n) is 5.90. The predicted octanol–water partition coefficient (Wildman–Crippen LogP) is 2.78. The molecule has 18 heavy (non-hydrogen) atoms. The van der Waals surface area contributed by atoms with Crippen molar-refractivity contribution in [2.45, 2.75) is 50.7 Å². The molecule has 2 rings (SSSR count). The van der Waals surface area contributed by atoms with Crippen LogP contribution in [0.2, 0.25) is 0 Å². The lowest BCUT2D eigenvalue weighted by molar-refractivity contribution is -0.185. The highest BCUT2D eigenvalue weighted by atomic mass is 19.4. The molecule has 5 heteroatoms. The smallest absolute Gasteiger partial charge is 0.328 e. The summed E-state index contributed by atoms with van der Waals surface area (Å²) in [6.07, 6.45) is 0.975. The largest absolute Gasteiger partial charge is 0.391 e. The van der Waals surface area contributed by atoms with E-state index in [0.29, 0.717) is 25.0 Å². The monoisotopic (exact) mass is 264 g/mol. The zero-order valence-corrected chi connectivity index (χ0v) is 10.8. The Labute approximate surface area is 107 Å². The summed E-state index contributed by atoms with van der Waals surface area (Å²) in [7, 11) is 0. The average Bonchev–Trinajstić information content (AvgIpc) is 2.32. The number of hydrogen-bond acceptors (Lipinski definition) is 2. The van der Waals surface area contributed by atoms with Crippen molar-refractivity contribution >= 4 is 0 Å². The minimum Gasteiger partial charge on any atom is -0.328 e. The summed E-state index contributed by atoms with van der Waals surface area (Å²) >= 11 is 0. The lowest BCUT2D eigenvalue weighted by atomic mass is 9.85. The Kier molecular flexibility index (Phi) is 4.54. The zero-order valence-electron chi connectivity index (χ0n) is 10.8. The highest BCUT2D eigenvalue weighted by molar-refractivity contribution is 4.81. The van der Waals surface area contributed by atoms with Gasteiger partial charge in [0.15, 0.2) is 0 Å². The third-order valence-electron chi connectivity index (χ3n) is 4.46. The van der Waals surface area contributed by atoms with Gasteiger partial charge in [0.1, 0.15) is 0 Å². The fraction of sp³-hybridized carbons (Fsp3) is 1.00. The van der Waals surface area contributed by atoms with E-state index in [2.05, 4.69) is 4.90 Å². The van der Waals surface area contributed by atoms with E-state index in [0.717, 1.165) is 32.2 Å². The van der Waals surface area contributed by atoms with E-state index in [1.54, 1.807) is 0 Å². The number of piperidine rings is 1. The van der Waals surface area contributed by atoms with E-state index in [1.807, 2.05) is 0 Å². The molecular weight excluding hydrogens is 241 g/mol. The first-order chi connectivity index (χ1) is 8.45. The molecule has 2 aliphatic rings. The number of alkyl halides is 3. The fourth-order valence-electron chi connectivity index (χ4n) is 3.18. The number of nitrogens with two attached hydrogens (primary N) is 1. The van der Waals surface area contributed by atoms with E-state index in [4.69, 9.17) is 5.73 Å². The van der Waals surface area contributed by atoms with Crippen LogP contribution in [0.25, 0.3) is 0 Å². The molecule has 106 valence electrons.